The molecule has 2 amide bonds. The van der Waals surface area contributed by atoms with Gasteiger partial charge in [-0.05, 0) is 49.8 Å². The van der Waals surface area contributed by atoms with Gasteiger partial charge in [-0.25, -0.2) is 0 Å². The van der Waals surface area contributed by atoms with Crippen molar-refractivity contribution in [3.63, 3.8) is 0 Å². The number of rotatable bonds is 4. The lowest BCUT2D eigenvalue weighted by Gasteiger charge is -2.32. The molecule has 0 unspecified atom stereocenters. The summed E-state index contributed by atoms with van der Waals surface area (Å²) in [7, 11) is 1.65. The number of nitrogens with one attached hydrogen (secondary N) is 1. The second kappa shape index (κ2) is 9.77. The fourth-order valence-electron chi connectivity index (χ4n) is 4.39. The van der Waals surface area contributed by atoms with Crippen molar-refractivity contribution in [2.75, 3.05) is 20.2 Å². The molecule has 1 heterocycles. The van der Waals surface area contributed by atoms with E-state index in [1.165, 1.54) is 0 Å². The lowest BCUT2D eigenvalue weighted by Crippen LogP contribution is -2.47. The van der Waals surface area contributed by atoms with Gasteiger partial charge in [0.05, 0.1) is 13.0 Å². The Bertz CT molecular complexity index is 629. The third kappa shape index (κ3) is 5.24. The van der Waals surface area contributed by atoms with Crippen LogP contribution < -0.4 is 10.1 Å². The molecule has 148 valence electrons. The van der Waals surface area contributed by atoms with Gasteiger partial charge in [0.25, 0.3) is 0 Å². The summed E-state index contributed by atoms with van der Waals surface area (Å²) in [6.45, 7) is 1.56. The normalized spacial score (nSPS) is 23.9. The van der Waals surface area contributed by atoms with E-state index in [4.69, 9.17) is 4.74 Å². The van der Waals surface area contributed by atoms with Gasteiger partial charge in [0.15, 0.2) is 0 Å². The molecule has 2 fully saturated rings. The average Bonchev–Trinajstić information content (AvgIpc) is 3.16. The highest BCUT2D eigenvalue weighted by Gasteiger charge is 2.38. The molecule has 0 aromatic heterocycles. The summed E-state index contributed by atoms with van der Waals surface area (Å²) >= 11 is 0. The first kappa shape index (κ1) is 19.7. The zero-order chi connectivity index (χ0) is 19.1. The molecular formula is C22H32N2O3. The quantitative estimate of drug-likeness (QED) is 0.882. The molecule has 1 saturated carbocycles. The van der Waals surface area contributed by atoms with Crippen molar-refractivity contribution < 1.29 is 14.3 Å². The molecule has 1 saturated heterocycles. The fourth-order valence-corrected chi connectivity index (χ4v) is 4.39. The van der Waals surface area contributed by atoms with E-state index in [1.54, 1.807) is 7.11 Å². The fraction of sp³-hybridized carbons (Fsp3) is 0.636. The van der Waals surface area contributed by atoms with Crippen LogP contribution in [0.4, 0.5) is 0 Å². The standard InChI is InChI=1S/C22H32N2O3/c1-27-18-12-9-17(10-13-18)11-14-21(25)24-16-5-3-2-4-15-23-22(26)19-7-6-8-20(19)24/h9-10,12-13,19-20H,2-8,11,14-16H2,1H3,(H,23,26)/t19-,20+/m1/s1. The second-order valence-corrected chi connectivity index (χ2v) is 7.75. The zero-order valence-electron chi connectivity index (χ0n) is 16.4. The van der Waals surface area contributed by atoms with Crippen molar-refractivity contribution in [1.82, 2.24) is 10.2 Å². The van der Waals surface area contributed by atoms with Gasteiger partial charge < -0.3 is 15.0 Å². The maximum atomic E-state index is 13.1. The second-order valence-electron chi connectivity index (χ2n) is 7.75. The van der Waals surface area contributed by atoms with Crippen molar-refractivity contribution in [2.24, 2.45) is 5.92 Å². The third-order valence-corrected chi connectivity index (χ3v) is 5.95. The molecule has 5 heteroatoms. The third-order valence-electron chi connectivity index (χ3n) is 5.95. The van der Waals surface area contributed by atoms with Crippen LogP contribution in [0.2, 0.25) is 0 Å². The van der Waals surface area contributed by atoms with Crippen molar-refractivity contribution in [1.29, 1.82) is 0 Å². The molecule has 0 radical (unpaired) electrons. The summed E-state index contributed by atoms with van der Waals surface area (Å²) in [6.07, 6.45) is 8.41. The molecule has 2 atom stereocenters. The first-order valence-electron chi connectivity index (χ1n) is 10.4. The van der Waals surface area contributed by atoms with Crippen molar-refractivity contribution in [3.8, 4) is 5.75 Å². The van der Waals surface area contributed by atoms with Crippen LogP contribution in [0, 0.1) is 5.92 Å². The lowest BCUT2D eigenvalue weighted by atomic mass is 9.99. The molecule has 2 aliphatic rings. The number of carbonyl (C=O) groups excluding carboxylic acids is 2. The number of amides is 2. The molecule has 5 nitrogen and oxygen atoms in total. The summed E-state index contributed by atoms with van der Waals surface area (Å²) < 4.78 is 5.19. The Morgan fingerprint density at radius 2 is 1.89 bits per heavy atom. The van der Waals surface area contributed by atoms with Gasteiger partial charge in [0.2, 0.25) is 11.8 Å². The van der Waals surface area contributed by atoms with E-state index in [0.717, 1.165) is 75.8 Å². The van der Waals surface area contributed by atoms with Gasteiger partial charge in [-0.2, -0.15) is 0 Å². The Morgan fingerprint density at radius 1 is 1.11 bits per heavy atom. The molecule has 3 rings (SSSR count). The highest BCUT2D eigenvalue weighted by molar-refractivity contribution is 5.82. The first-order valence-corrected chi connectivity index (χ1v) is 10.4. The maximum absolute atomic E-state index is 13.1. The minimum absolute atomic E-state index is 0.0342. The summed E-state index contributed by atoms with van der Waals surface area (Å²) in [5.74, 6) is 1.13. The van der Waals surface area contributed by atoms with E-state index in [1.807, 2.05) is 29.2 Å². The Hall–Kier alpha value is -2.04. The molecule has 0 bridgehead atoms. The largest absolute Gasteiger partial charge is 0.497 e. The maximum Gasteiger partial charge on any atom is 0.225 e. The van der Waals surface area contributed by atoms with Crippen LogP contribution in [0.1, 0.15) is 56.9 Å². The minimum atomic E-state index is -0.0342. The number of fused-ring (bicyclic) bond motifs is 1. The number of hydrogen-bond donors (Lipinski definition) is 1. The molecule has 1 aliphatic carbocycles. The highest BCUT2D eigenvalue weighted by Crippen LogP contribution is 2.31. The number of hydrogen-bond acceptors (Lipinski definition) is 3. The summed E-state index contributed by atoms with van der Waals surface area (Å²) in [5.41, 5.74) is 1.14. The van der Waals surface area contributed by atoms with E-state index in [-0.39, 0.29) is 23.8 Å². The summed E-state index contributed by atoms with van der Waals surface area (Å²) in [4.78, 5) is 27.7. The number of nitrogens with zero attached hydrogens (tertiary/aromatic N) is 1. The Morgan fingerprint density at radius 3 is 2.67 bits per heavy atom. The van der Waals surface area contributed by atoms with Gasteiger partial charge in [-0.1, -0.05) is 31.4 Å². The lowest BCUT2D eigenvalue weighted by molar-refractivity contribution is -0.136. The monoisotopic (exact) mass is 372 g/mol. The molecule has 1 aromatic carbocycles. The Balaban J connectivity index is 1.65. The molecular weight excluding hydrogens is 340 g/mol. The van der Waals surface area contributed by atoms with E-state index in [0.29, 0.717) is 6.42 Å². The summed E-state index contributed by atoms with van der Waals surface area (Å²) in [5, 5.41) is 3.09. The van der Waals surface area contributed by atoms with Crippen molar-refractivity contribution in [2.45, 2.75) is 63.8 Å². The molecule has 27 heavy (non-hydrogen) atoms. The number of benzene rings is 1. The highest BCUT2D eigenvalue weighted by atomic mass is 16.5. The van der Waals surface area contributed by atoms with E-state index in [2.05, 4.69) is 5.32 Å². The average molecular weight is 373 g/mol. The molecule has 1 aliphatic heterocycles. The molecule has 1 aromatic rings. The molecule has 0 spiro atoms. The number of aryl methyl sites for hydroxylation is 1. The number of methoxy groups -OCH3 is 1. The Labute approximate surface area is 162 Å². The van der Waals surface area contributed by atoms with Crippen LogP contribution >= 0.6 is 0 Å². The van der Waals surface area contributed by atoms with Crippen LogP contribution in [0.5, 0.6) is 5.75 Å². The van der Waals surface area contributed by atoms with Crippen LogP contribution in [0.15, 0.2) is 24.3 Å². The zero-order valence-corrected chi connectivity index (χ0v) is 16.4. The van der Waals surface area contributed by atoms with E-state index >= 15 is 0 Å². The van der Waals surface area contributed by atoms with Gasteiger partial charge in [0.1, 0.15) is 5.75 Å². The molecule has 1 N–H and O–H groups in total. The van der Waals surface area contributed by atoms with Gasteiger partial charge in [-0.15, -0.1) is 0 Å². The van der Waals surface area contributed by atoms with Crippen molar-refractivity contribution in [3.05, 3.63) is 29.8 Å². The van der Waals surface area contributed by atoms with Crippen LogP contribution in [0.25, 0.3) is 0 Å². The van der Waals surface area contributed by atoms with Gasteiger partial charge in [0, 0.05) is 25.6 Å². The first-order chi connectivity index (χ1) is 13.2. The van der Waals surface area contributed by atoms with Crippen LogP contribution in [0.3, 0.4) is 0 Å². The predicted molar refractivity (Wildman–Crippen MR) is 106 cm³/mol. The Kier molecular flexibility index (Phi) is 7.13. The SMILES string of the molecule is COc1ccc(CCC(=O)N2CCCCCCNC(=O)[C@@H]3CCC[C@@H]32)cc1. The number of carbonyl (C=O) groups is 2. The van der Waals surface area contributed by atoms with E-state index in [9.17, 15) is 9.59 Å². The van der Waals surface area contributed by atoms with Crippen molar-refractivity contribution >= 4 is 11.8 Å². The van der Waals surface area contributed by atoms with Crippen LogP contribution in [-0.2, 0) is 16.0 Å². The smallest absolute Gasteiger partial charge is 0.225 e. The predicted octanol–water partition coefficient (Wildman–Crippen LogP) is 3.32. The van der Waals surface area contributed by atoms with E-state index < -0.39 is 0 Å². The van der Waals surface area contributed by atoms with Gasteiger partial charge >= 0.3 is 0 Å². The summed E-state index contributed by atoms with van der Waals surface area (Å²) in [6, 6.07) is 7.98. The minimum Gasteiger partial charge on any atom is -0.497 e. The topological polar surface area (TPSA) is 58.6 Å². The van der Waals surface area contributed by atoms with Gasteiger partial charge in [-0.3, -0.25) is 9.59 Å². The number of ether oxygens (including phenoxy) is 1. The van der Waals surface area contributed by atoms with Crippen LogP contribution in [-0.4, -0.2) is 43.0 Å².